The van der Waals surface area contributed by atoms with Gasteiger partial charge in [-0.1, -0.05) is 18.9 Å². The molecule has 24 heavy (non-hydrogen) atoms. The van der Waals surface area contributed by atoms with E-state index in [2.05, 4.69) is 20.6 Å². The van der Waals surface area contributed by atoms with Gasteiger partial charge in [0.2, 0.25) is 0 Å². The van der Waals surface area contributed by atoms with Crippen molar-refractivity contribution in [3.05, 3.63) is 60.2 Å². The molecular weight excluding hydrogens is 304 g/mol. The number of nitrogens with one attached hydrogen (secondary N) is 2. The normalized spacial score (nSPS) is 20.2. The first-order chi connectivity index (χ1) is 11.7. The average molecular weight is 324 g/mol. The van der Waals surface area contributed by atoms with E-state index in [0.717, 1.165) is 25.7 Å². The summed E-state index contributed by atoms with van der Waals surface area (Å²) in [6.07, 6.45) is 8.53. The molecule has 1 aliphatic rings. The molecule has 2 aromatic heterocycles. The third kappa shape index (κ3) is 3.95. The molecule has 1 aliphatic carbocycles. The Morgan fingerprint density at radius 3 is 2.29 bits per heavy atom. The van der Waals surface area contributed by atoms with Crippen molar-refractivity contribution >= 4 is 11.8 Å². The number of aromatic nitrogens is 2. The summed E-state index contributed by atoms with van der Waals surface area (Å²) in [6.45, 7) is 0. The fourth-order valence-corrected chi connectivity index (χ4v) is 2.96. The van der Waals surface area contributed by atoms with Crippen LogP contribution in [0.2, 0.25) is 0 Å². The summed E-state index contributed by atoms with van der Waals surface area (Å²) in [5.74, 6) is -0.366. The minimum atomic E-state index is -0.205. The Kier molecular flexibility index (Phi) is 5.15. The predicted molar refractivity (Wildman–Crippen MR) is 89.5 cm³/mol. The monoisotopic (exact) mass is 324 g/mol. The first kappa shape index (κ1) is 16.1. The predicted octanol–water partition coefficient (Wildman–Crippen LogP) is 1.95. The molecule has 2 heterocycles. The Bertz CT molecular complexity index is 629. The molecule has 0 unspecified atom stereocenters. The minimum Gasteiger partial charge on any atom is -0.347 e. The molecule has 0 saturated heterocycles. The van der Waals surface area contributed by atoms with Crippen molar-refractivity contribution in [3.8, 4) is 0 Å². The Morgan fingerprint density at radius 1 is 0.917 bits per heavy atom. The van der Waals surface area contributed by atoms with Gasteiger partial charge in [0.1, 0.15) is 5.69 Å². The maximum absolute atomic E-state index is 12.3. The molecule has 0 radical (unpaired) electrons. The zero-order chi connectivity index (χ0) is 16.8. The van der Waals surface area contributed by atoms with Crippen LogP contribution in [-0.4, -0.2) is 33.9 Å². The fourth-order valence-electron chi connectivity index (χ4n) is 2.96. The lowest BCUT2D eigenvalue weighted by atomic mass is 9.90. The van der Waals surface area contributed by atoms with Crippen molar-refractivity contribution in [2.24, 2.45) is 0 Å². The molecule has 0 bridgehead atoms. The summed E-state index contributed by atoms with van der Waals surface area (Å²) in [4.78, 5) is 32.7. The van der Waals surface area contributed by atoms with Gasteiger partial charge in [0.25, 0.3) is 11.8 Å². The molecule has 0 aromatic carbocycles. The van der Waals surface area contributed by atoms with Gasteiger partial charge in [-0.25, -0.2) is 0 Å². The number of carbonyl (C=O) groups excluding carboxylic acids is 2. The zero-order valence-electron chi connectivity index (χ0n) is 13.3. The number of pyridine rings is 2. The van der Waals surface area contributed by atoms with E-state index in [4.69, 9.17) is 0 Å². The summed E-state index contributed by atoms with van der Waals surface area (Å²) in [6, 6.07) is 8.52. The quantitative estimate of drug-likeness (QED) is 0.900. The molecule has 3 rings (SSSR count). The van der Waals surface area contributed by atoms with Crippen molar-refractivity contribution in [2.75, 3.05) is 0 Å². The first-order valence-corrected chi connectivity index (χ1v) is 8.17. The fraction of sp³-hybridized carbons (Fsp3) is 0.333. The Hall–Kier alpha value is -2.76. The summed E-state index contributed by atoms with van der Waals surface area (Å²) < 4.78 is 0. The zero-order valence-corrected chi connectivity index (χ0v) is 13.3. The van der Waals surface area contributed by atoms with Gasteiger partial charge < -0.3 is 10.6 Å². The maximum Gasteiger partial charge on any atom is 0.270 e. The van der Waals surface area contributed by atoms with E-state index in [0.29, 0.717) is 11.3 Å². The highest BCUT2D eigenvalue weighted by molar-refractivity contribution is 5.94. The molecule has 2 amide bonds. The van der Waals surface area contributed by atoms with Crippen molar-refractivity contribution in [2.45, 2.75) is 37.8 Å². The summed E-state index contributed by atoms with van der Waals surface area (Å²) in [5, 5.41) is 6.04. The van der Waals surface area contributed by atoms with Gasteiger partial charge in [0.15, 0.2) is 0 Å². The van der Waals surface area contributed by atoms with E-state index in [1.54, 1.807) is 48.9 Å². The number of rotatable bonds is 4. The molecular formula is C18H20N4O2. The second-order valence-electron chi connectivity index (χ2n) is 5.90. The Balaban J connectivity index is 1.65. The summed E-state index contributed by atoms with van der Waals surface area (Å²) >= 11 is 0. The SMILES string of the molecule is O=C(N[C@@H]1CCCC[C@H]1NC(=O)c1ccccn1)c1cccnc1. The van der Waals surface area contributed by atoms with Crippen molar-refractivity contribution in [3.63, 3.8) is 0 Å². The number of carbonyl (C=O) groups is 2. The third-order valence-corrected chi connectivity index (χ3v) is 4.22. The van der Waals surface area contributed by atoms with Crippen molar-refractivity contribution in [1.29, 1.82) is 0 Å². The highest BCUT2D eigenvalue weighted by atomic mass is 16.2. The summed E-state index contributed by atoms with van der Waals surface area (Å²) in [7, 11) is 0. The Labute approximate surface area is 140 Å². The molecule has 2 aromatic rings. The van der Waals surface area contributed by atoms with Crippen LogP contribution in [0.4, 0.5) is 0 Å². The number of nitrogens with zero attached hydrogens (tertiary/aromatic N) is 2. The number of amides is 2. The molecule has 2 atom stereocenters. The van der Waals surface area contributed by atoms with Gasteiger partial charge >= 0.3 is 0 Å². The lowest BCUT2D eigenvalue weighted by Crippen LogP contribution is -2.53. The number of hydrogen-bond acceptors (Lipinski definition) is 4. The second kappa shape index (κ2) is 7.68. The minimum absolute atomic E-state index is 0.0841. The Morgan fingerprint density at radius 2 is 1.67 bits per heavy atom. The van der Waals surface area contributed by atoms with Crippen LogP contribution in [0.5, 0.6) is 0 Å². The lowest BCUT2D eigenvalue weighted by molar-refractivity contribution is 0.0860. The van der Waals surface area contributed by atoms with Gasteiger partial charge in [-0.2, -0.15) is 0 Å². The van der Waals surface area contributed by atoms with E-state index in [1.165, 1.54) is 0 Å². The standard InChI is InChI=1S/C18H20N4O2/c23-17(13-6-5-10-19-12-13)21-14-7-1-2-8-15(14)22-18(24)16-9-3-4-11-20-16/h3-6,9-12,14-15H,1-2,7-8H2,(H,21,23)(H,22,24)/t14-,15-/m1/s1. The highest BCUT2D eigenvalue weighted by Crippen LogP contribution is 2.19. The van der Waals surface area contributed by atoms with E-state index < -0.39 is 0 Å². The van der Waals surface area contributed by atoms with Crippen LogP contribution >= 0.6 is 0 Å². The largest absolute Gasteiger partial charge is 0.347 e. The average Bonchev–Trinajstić information content (AvgIpc) is 2.64. The van der Waals surface area contributed by atoms with Crippen LogP contribution in [0.1, 0.15) is 46.5 Å². The van der Waals surface area contributed by atoms with Crippen LogP contribution in [0, 0.1) is 0 Å². The summed E-state index contributed by atoms with van der Waals surface area (Å²) in [5.41, 5.74) is 0.915. The van der Waals surface area contributed by atoms with E-state index in [1.807, 2.05) is 0 Å². The van der Waals surface area contributed by atoms with Gasteiger partial charge in [-0.15, -0.1) is 0 Å². The second-order valence-corrected chi connectivity index (χ2v) is 5.90. The van der Waals surface area contributed by atoms with Crippen molar-refractivity contribution in [1.82, 2.24) is 20.6 Å². The van der Waals surface area contributed by atoms with Crippen LogP contribution in [0.3, 0.4) is 0 Å². The topological polar surface area (TPSA) is 84.0 Å². The van der Waals surface area contributed by atoms with Crippen LogP contribution < -0.4 is 10.6 Å². The van der Waals surface area contributed by atoms with Crippen molar-refractivity contribution < 1.29 is 9.59 Å². The third-order valence-electron chi connectivity index (χ3n) is 4.22. The first-order valence-electron chi connectivity index (χ1n) is 8.17. The van der Waals surface area contributed by atoms with Crippen LogP contribution in [0.15, 0.2) is 48.9 Å². The molecule has 124 valence electrons. The molecule has 6 heteroatoms. The van der Waals surface area contributed by atoms with E-state index >= 15 is 0 Å². The molecule has 0 spiro atoms. The van der Waals surface area contributed by atoms with E-state index in [-0.39, 0.29) is 23.9 Å². The van der Waals surface area contributed by atoms with Gasteiger partial charge in [-0.3, -0.25) is 19.6 Å². The maximum atomic E-state index is 12.3. The molecule has 1 saturated carbocycles. The van der Waals surface area contributed by atoms with Crippen LogP contribution in [-0.2, 0) is 0 Å². The van der Waals surface area contributed by atoms with Crippen LogP contribution in [0.25, 0.3) is 0 Å². The smallest absolute Gasteiger partial charge is 0.270 e. The number of hydrogen-bond donors (Lipinski definition) is 2. The van der Waals surface area contributed by atoms with Gasteiger partial charge in [0, 0.05) is 30.7 Å². The molecule has 6 nitrogen and oxygen atoms in total. The lowest BCUT2D eigenvalue weighted by Gasteiger charge is -2.32. The van der Waals surface area contributed by atoms with Gasteiger partial charge in [-0.05, 0) is 37.1 Å². The van der Waals surface area contributed by atoms with Gasteiger partial charge in [0.05, 0.1) is 5.56 Å². The molecule has 1 fully saturated rings. The highest BCUT2D eigenvalue weighted by Gasteiger charge is 2.28. The molecule has 0 aliphatic heterocycles. The molecule has 2 N–H and O–H groups in total. The van der Waals surface area contributed by atoms with E-state index in [9.17, 15) is 9.59 Å².